The molecule has 2 aliphatic heterocycles. The molecule has 2 aliphatic rings. The van der Waals surface area contributed by atoms with E-state index in [2.05, 4.69) is 5.10 Å². The molecule has 2 atom stereocenters. The molecule has 0 spiro atoms. The number of ether oxygens (including phenoxy) is 2. The van der Waals surface area contributed by atoms with E-state index in [1.165, 1.54) is 28.1 Å². The van der Waals surface area contributed by atoms with Crippen LogP contribution in [0.1, 0.15) is 12.0 Å². The molecule has 1 unspecified atom stereocenters. The fraction of sp³-hybridized carbons (Fsp3) is 0.333. The van der Waals surface area contributed by atoms with Gasteiger partial charge in [0.25, 0.3) is 11.8 Å². The van der Waals surface area contributed by atoms with Crippen LogP contribution in [0.2, 0.25) is 0 Å². The van der Waals surface area contributed by atoms with Gasteiger partial charge in [-0.3, -0.25) is 9.59 Å². The van der Waals surface area contributed by atoms with Crippen molar-refractivity contribution < 1.29 is 28.2 Å². The van der Waals surface area contributed by atoms with Crippen molar-refractivity contribution in [2.24, 2.45) is 16.3 Å². The zero-order chi connectivity index (χ0) is 24.3. The van der Waals surface area contributed by atoms with Crippen LogP contribution in [0.5, 0.6) is 5.75 Å². The smallest absolute Gasteiger partial charge is 0.405 e. The van der Waals surface area contributed by atoms with Crippen molar-refractivity contribution in [2.75, 3.05) is 26.7 Å². The lowest BCUT2D eigenvalue weighted by atomic mass is 9.73. The van der Waals surface area contributed by atoms with Crippen LogP contribution in [-0.2, 0) is 20.7 Å². The van der Waals surface area contributed by atoms with Crippen molar-refractivity contribution in [3.05, 3.63) is 66.0 Å². The van der Waals surface area contributed by atoms with Crippen LogP contribution in [0, 0.1) is 11.2 Å². The molecule has 2 N–H and O–H groups in total. The first kappa shape index (κ1) is 23.2. The lowest BCUT2D eigenvalue weighted by Crippen LogP contribution is -2.58. The zero-order valence-corrected chi connectivity index (χ0v) is 18.6. The molecule has 0 radical (unpaired) electrons. The standard InChI is InChI=1S/C24H25FN4O5/c1-28-22(31)24(13-16-6-3-2-4-7-16)15-29(11-10-20(24)27-28)21(30)19(34-23(26)32)14-33-18-9-5-8-17(25)12-18/h2-9,12,19H,10-11,13-15H2,1H3,(H2,26,32)/t19?,24-/m1/s1. The highest BCUT2D eigenvalue weighted by atomic mass is 19.1. The van der Waals surface area contributed by atoms with Gasteiger partial charge in [-0.15, -0.1) is 0 Å². The van der Waals surface area contributed by atoms with Gasteiger partial charge in [-0.2, -0.15) is 5.10 Å². The van der Waals surface area contributed by atoms with Gasteiger partial charge >= 0.3 is 6.09 Å². The van der Waals surface area contributed by atoms with E-state index in [0.29, 0.717) is 12.8 Å². The number of amides is 3. The van der Waals surface area contributed by atoms with Crippen molar-refractivity contribution in [2.45, 2.75) is 18.9 Å². The number of carbonyl (C=O) groups excluding carboxylic acids is 3. The molecule has 2 aromatic rings. The average Bonchev–Trinajstić information content (AvgIpc) is 3.06. The summed E-state index contributed by atoms with van der Waals surface area (Å²) in [5, 5.41) is 5.74. The number of hydrazone groups is 1. The van der Waals surface area contributed by atoms with Crippen LogP contribution >= 0.6 is 0 Å². The minimum Gasteiger partial charge on any atom is -0.489 e. The highest BCUT2D eigenvalue weighted by Gasteiger charge is 2.54. The summed E-state index contributed by atoms with van der Waals surface area (Å²) in [6.45, 7) is -0.00254. The Morgan fingerprint density at radius 3 is 2.68 bits per heavy atom. The fourth-order valence-electron chi connectivity index (χ4n) is 4.44. The quantitative estimate of drug-likeness (QED) is 0.667. The van der Waals surface area contributed by atoms with Gasteiger partial charge in [-0.1, -0.05) is 36.4 Å². The Morgan fingerprint density at radius 1 is 1.21 bits per heavy atom. The maximum atomic E-state index is 13.5. The summed E-state index contributed by atoms with van der Waals surface area (Å²) in [6.07, 6.45) is -1.73. The van der Waals surface area contributed by atoms with E-state index in [4.69, 9.17) is 15.2 Å². The monoisotopic (exact) mass is 468 g/mol. The molecule has 1 fully saturated rings. The van der Waals surface area contributed by atoms with E-state index < -0.39 is 29.3 Å². The van der Waals surface area contributed by atoms with Gasteiger partial charge in [-0.05, 0) is 24.1 Å². The average molecular weight is 468 g/mol. The van der Waals surface area contributed by atoms with Gasteiger partial charge in [0.05, 0.1) is 5.71 Å². The third kappa shape index (κ3) is 4.70. The van der Waals surface area contributed by atoms with Gasteiger partial charge in [0.2, 0.25) is 6.10 Å². The van der Waals surface area contributed by atoms with Gasteiger partial charge in [0.15, 0.2) is 0 Å². The highest BCUT2D eigenvalue weighted by molar-refractivity contribution is 6.13. The summed E-state index contributed by atoms with van der Waals surface area (Å²) in [5.41, 5.74) is 5.83. The third-order valence-electron chi connectivity index (χ3n) is 6.00. The Bertz CT molecular complexity index is 1130. The largest absolute Gasteiger partial charge is 0.489 e. The van der Waals surface area contributed by atoms with Gasteiger partial charge in [0.1, 0.15) is 23.6 Å². The molecular weight excluding hydrogens is 443 g/mol. The first-order chi connectivity index (χ1) is 16.3. The molecule has 178 valence electrons. The SMILES string of the molecule is CN1N=C2CCN(C(=O)C(COc3cccc(F)c3)OC(N)=O)C[C@@]2(Cc2ccccc2)C1=O. The number of rotatable bonds is 7. The lowest BCUT2D eigenvalue weighted by Gasteiger charge is -2.40. The van der Waals surface area contributed by atoms with E-state index in [0.717, 1.165) is 17.3 Å². The van der Waals surface area contributed by atoms with Crippen molar-refractivity contribution >= 4 is 23.6 Å². The normalized spacial score (nSPS) is 20.4. The maximum absolute atomic E-state index is 13.5. The Balaban J connectivity index is 1.55. The summed E-state index contributed by atoms with van der Waals surface area (Å²) in [6, 6.07) is 14.9. The van der Waals surface area contributed by atoms with Crippen molar-refractivity contribution in [3.63, 3.8) is 0 Å². The van der Waals surface area contributed by atoms with Crippen molar-refractivity contribution in [1.82, 2.24) is 9.91 Å². The minimum atomic E-state index is -1.36. The van der Waals surface area contributed by atoms with E-state index in [1.54, 1.807) is 7.05 Å². The third-order valence-corrected chi connectivity index (χ3v) is 6.00. The molecular formula is C24H25FN4O5. The fourth-order valence-corrected chi connectivity index (χ4v) is 4.44. The summed E-state index contributed by atoms with van der Waals surface area (Å²) in [4.78, 5) is 39.6. The predicted octanol–water partition coefficient (Wildman–Crippen LogP) is 1.96. The summed E-state index contributed by atoms with van der Waals surface area (Å²) in [7, 11) is 1.60. The zero-order valence-electron chi connectivity index (χ0n) is 18.6. The Labute approximate surface area is 195 Å². The number of primary amides is 1. The van der Waals surface area contributed by atoms with Gasteiger partial charge < -0.3 is 20.1 Å². The molecule has 0 aromatic heterocycles. The second kappa shape index (κ2) is 9.50. The van der Waals surface area contributed by atoms with E-state index in [9.17, 15) is 18.8 Å². The molecule has 3 amide bonds. The molecule has 34 heavy (non-hydrogen) atoms. The van der Waals surface area contributed by atoms with E-state index in [-0.39, 0.29) is 31.4 Å². The number of hydrogen-bond acceptors (Lipinski definition) is 6. The summed E-state index contributed by atoms with van der Waals surface area (Å²) >= 11 is 0. The second-order valence-electron chi connectivity index (χ2n) is 8.32. The number of fused-ring (bicyclic) bond motifs is 1. The van der Waals surface area contributed by atoms with Crippen LogP contribution in [0.4, 0.5) is 9.18 Å². The van der Waals surface area contributed by atoms with Crippen molar-refractivity contribution in [1.29, 1.82) is 0 Å². The van der Waals surface area contributed by atoms with Crippen LogP contribution in [0.3, 0.4) is 0 Å². The van der Waals surface area contributed by atoms with Crippen molar-refractivity contribution in [3.8, 4) is 5.75 Å². The number of carbonyl (C=O) groups is 3. The number of hydrogen-bond donors (Lipinski definition) is 1. The molecule has 1 saturated heterocycles. The number of nitrogens with two attached hydrogens (primary N) is 1. The first-order valence-electron chi connectivity index (χ1n) is 10.8. The van der Waals surface area contributed by atoms with Gasteiger partial charge in [-0.25, -0.2) is 14.2 Å². The molecule has 4 rings (SSSR count). The van der Waals surface area contributed by atoms with E-state index in [1.807, 2.05) is 30.3 Å². The second-order valence-corrected chi connectivity index (χ2v) is 8.32. The number of nitrogens with zero attached hydrogens (tertiary/aromatic N) is 3. The van der Waals surface area contributed by atoms with E-state index >= 15 is 0 Å². The number of halogens is 1. The summed E-state index contributed by atoms with van der Waals surface area (Å²) < 4.78 is 24.0. The number of benzene rings is 2. The van der Waals surface area contributed by atoms with Crippen LogP contribution in [0.15, 0.2) is 59.7 Å². The topological polar surface area (TPSA) is 115 Å². The highest BCUT2D eigenvalue weighted by Crippen LogP contribution is 2.38. The lowest BCUT2D eigenvalue weighted by molar-refractivity contribution is -0.146. The molecule has 0 aliphatic carbocycles. The molecule has 10 heteroatoms. The van der Waals surface area contributed by atoms with Gasteiger partial charge in [0, 0.05) is 32.6 Å². The number of piperidine rings is 1. The van der Waals surface area contributed by atoms with Crippen LogP contribution in [-0.4, -0.2) is 66.4 Å². The molecule has 0 bridgehead atoms. The molecule has 0 saturated carbocycles. The Hall–Kier alpha value is -3.95. The Morgan fingerprint density at radius 2 is 1.97 bits per heavy atom. The molecule has 9 nitrogen and oxygen atoms in total. The minimum absolute atomic E-state index is 0.0708. The Kier molecular flexibility index (Phi) is 6.49. The molecule has 2 aromatic carbocycles. The first-order valence-corrected chi connectivity index (χ1v) is 10.8. The molecule has 2 heterocycles. The number of likely N-dealkylation sites (tertiary alicyclic amines) is 1. The summed E-state index contributed by atoms with van der Waals surface area (Å²) in [5.74, 6) is -1.09. The maximum Gasteiger partial charge on any atom is 0.405 e. The predicted molar refractivity (Wildman–Crippen MR) is 120 cm³/mol. The van der Waals surface area contributed by atoms with Crippen LogP contribution < -0.4 is 10.5 Å². The van der Waals surface area contributed by atoms with Crippen LogP contribution in [0.25, 0.3) is 0 Å².